The Hall–Kier alpha value is -2.41. The Morgan fingerprint density at radius 2 is 1.77 bits per heavy atom. The number of hydrogen-bond donors (Lipinski definition) is 2. The quantitative estimate of drug-likeness (QED) is 0.622. The van der Waals surface area contributed by atoms with Crippen molar-refractivity contribution < 1.29 is 14.0 Å². The Bertz CT molecular complexity index is 972. The first kappa shape index (κ1) is 20.8. The molecule has 0 spiro atoms. The maximum Gasteiger partial charge on any atom is 0.287 e. The number of carbonyl (C=O) groups is 2. The van der Waals surface area contributed by atoms with E-state index in [0.717, 1.165) is 72.0 Å². The van der Waals surface area contributed by atoms with Gasteiger partial charge in [0.05, 0.1) is 5.71 Å². The summed E-state index contributed by atoms with van der Waals surface area (Å²) >= 11 is 3.36. The Kier molecular flexibility index (Phi) is 6.37. The van der Waals surface area contributed by atoms with Crippen LogP contribution >= 0.6 is 15.9 Å². The highest BCUT2D eigenvalue weighted by Crippen LogP contribution is 2.30. The highest BCUT2D eigenvalue weighted by atomic mass is 79.9. The largest absolute Gasteiger partial charge is 0.455 e. The van der Waals surface area contributed by atoms with E-state index in [4.69, 9.17) is 4.42 Å². The second-order valence-electron chi connectivity index (χ2n) is 8.02. The SMILES string of the molecule is Cc1c(C(=O)NC2CCCCC2)oc2c1/C(=N/NC(=O)c1ccc(Br)cc1)CCC2. The number of carbonyl (C=O) groups excluding carboxylic acids is 2. The molecule has 6 nitrogen and oxygen atoms in total. The smallest absolute Gasteiger partial charge is 0.287 e. The Balaban J connectivity index is 1.51. The van der Waals surface area contributed by atoms with Crippen LogP contribution < -0.4 is 10.7 Å². The first-order valence-corrected chi connectivity index (χ1v) is 11.4. The third-order valence-electron chi connectivity index (χ3n) is 5.87. The molecule has 1 saturated carbocycles. The van der Waals surface area contributed by atoms with Gasteiger partial charge in [0, 0.05) is 33.6 Å². The van der Waals surface area contributed by atoms with Crippen LogP contribution in [-0.2, 0) is 6.42 Å². The average molecular weight is 472 g/mol. The molecule has 0 atom stereocenters. The molecule has 2 aliphatic carbocycles. The molecule has 2 amide bonds. The molecule has 2 N–H and O–H groups in total. The van der Waals surface area contributed by atoms with E-state index < -0.39 is 0 Å². The van der Waals surface area contributed by atoms with Gasteiger partial charge in [-0.05, 0) is 56.9 Å². The van der Waals surface area contributed by atoms with Crippen molar-refractivity contribution in [2.24, 2.45) is 5.10 Å². The number of hydrazone groups is 1. The van der Waals surface area contributed by atoms with Gasteiger partial charge in [0.2, 0.25) is 0 Å². The summed E-state index contributed by atoms with van der Waals surface area (Å²) in [5, 5.41) is 7.52. The van der Waals surface area contributed by atoms with Crippen molar-refractivity contribution in [2.75, 3.05) is 0 Å². The van der Waals surface area contributed by atoms with Gasteiger partial charge in [-0.3, -0.25) is 9.59 Å². The van der Waals surface area contributed by atoms with Crippen LogP contribution in [0.3, 0.4) is 0 Å². The molecule has 30 heavy (non-hydrogen) atoms. The van der Waals surface area contributed by atoms with Crippen LogP contribution in [0.15, 0.2) is 38.3 Å². The summed E-state index contributed by atoms with van der Waals surface area (Å²) in [4.78, 5) is 25.2. The molecule has 2 aliphatic rings. The number of furan rings is 1. The van der Waals surface area contributed by atoms with E-state index in [9.17, 15) is 9.59 Å². The van der Waals surface area contributed by atoms with Crippen molar-refractivity contribution in [3.63, 3.8) is 0 Å². The molecular formula is C23H26BrN3O3. The van der Waals surface area contributed by atoms with Gasteiger partial charge in [-0.25, -0.2) is 5.43 Å². The number of fused-ring (bicyclic) bond motifs is 1. The normalized spacial score (nSPS) is 18.1. The van der Waals surface area contributed by atoms with Crippen molar-refractivity contribution >= 4 is 33.5 Å². The maximum absolute atomic E-state index is 12.8. The number of nitrogens with one attached hydrogen (secondary N) is 2. The number of benzene rings is 1. The van der Waals surface area contributed by atoms with E-state index in [2.05, 4.69) is 31.8 Å². The minimum atomic E-state index is -0.265. The third-order valence-corrected chi connectivity index (χ3v) is 6.40. The molecule has 0 saturated heterocycles. The Labute approximate surface area is 184 Å². The molecule has 1 fully saturated rings. The van der Waals surface area contributed by atoms with Gasteiger partial charge in [0.25, 0.3) is 11.8 Å². The molecule has 1 aromatic heterocycles. The molecule has 0 aliphatic heterocycles. The highest BCUT2D eigenvalue weighted by Gasteiger charge is 2.29. The topological polar surface area (TPSA) is 83.7 Å². The minimum absolute atomic E-state index is 0.146. The van der Waals surface area contributed by atoms with E-state index in [-0.39, 0.29) is 17.9 Å². The summed E-state index contributed by atoms with van der Waals surface area (Å²) in [7, 11) is 0. The van der Waals surface area contributed by atoms with Gasteiger partial charge in [0.15, 0.2) is 5.76 Å². The number of aryl methyl sites for hydroxylation is 1. The molecule has 0 radical (unpaired) electrons. The van der Waals surface area contributed by atoms with Crippen molar-refractivity contribution in [1.82, 2.24) is 10.7 Å². The number of rotatable bonds is 4. The van der Waals surface area contributed by atoms with Crippen molar-refractivity contribution in [3.05, 3.63) is 56.9 Å². The number of hydrogen-bond acceptors (Lipinski definition) is 4. The van der Waals surface area contributed by atoms with Crippen molar-refractivity contribution in [2.45, 2.75) is 64.3 Å². The predicted molar refractivity (Wildman–Crippen MR) is 119 cm³/mol. The van der Waals surface area contributed by atoms with Gasteiger partial charge in [0.1, 0.15) is 5.76 Å². The molecular weight excluding hydrogens is 446 g/mol. The molecule has 7 heteroatoms. The summed E-state index contributed by atoms with van der Waals surface area (Å²) < 4.78 is 6.88. The van der Waals surface area contributed by atoms with Crippen LogP contribution in [0.2, 0.25) is 0 Å². The number of halogens is 1. The zero-order chi connectivity index (χ0) is 21.1. The van der Waals surface area contributed by atoms with Crippen LogP contribution in [-0.4, -0.2) is 23.6 Å². The third kappa shape index (κ3) is 4.51. The first-order chi connectivity index (χ1) is 14.5. The summed E-state index contributed by atoms with van der Waals surface area (Å²) in [5.74, 6) is 0.745. The van der Waals surface area contributed by atoms with Crippen LogP contribution in [0.4, 0.5) is 0 Å². The lowest BCUT2D eigenvalue weighted by molar-refractivity contribution is 0.0896. The van der Waals surface area contributed by atoms with Crippen LogP contribution in [0.1, 0.15) is 82.7 Å². The molecule has 158 valence electrons. The monoisotopic (exact) mass is 471 g/mol. The minimum Gasteiger partial charge on any atom is -0.455 e. The lowest BCUT2D eigenvalue weighted by Crippen LogP contribution is -2.36. The molecule has 0 unspecified atom stereocenters. The van der Waals surface area contributed by atoms with Gasteiger partial charge < -0.3 is 9.73 Å². The van der Waals surface area contributed by atoms with Gasteiger partial charge in [-0.15, -0.1) is 0 Å². The van der Waals surface area contributed by atoms with Gasteiger partial charge in [-0.1, -0.05) is 35.2 Å². The number of nitrogens with zero attached hydrogens (tertiary/aromatic N) is 1. The average Bonchev–Trinajstić information content (AvgIpc) is 3.10. The van der Waals surface area contributed by atoms with Crippen LogP contribution in [0, 0.1) is 6.92 Å². The summed E-state index contributed by atoms with van der Waals surface area (Å²) in [6, 6.07) is 7.34. The standard InChI is InChI=1S/C23H26BrN3O3/c1-14-20-18(26-27-22(28)15-10-12-16(24)13-11-15)8-5-9-19(20)30-21(14)23(29)25-17-6-3-2-4-7-17/h10-13,17H,2-9H2,1H3,(H,25,29)(H,27,28)/b26-18+. The Morgan fingerprint density at radius 3 is 2.50 bits per heavy atom. The van der Waals surface area contributed by atoms with E-state index in [1.807, 2.05) is 19.1 Å². The van der Waals surface area contributed by atoms with Crippen LogP contribution in [0.25, 0.3) is 0 Å². The van der Waals surface area contributed by atoms with Crippen LogP contribution in [0.5, 0.6) is 0 Å². The first-order valence-electron chi connectivity index (χ1n) is 10.6. The highest BCUT2D eigenvalue weighted by molar-refractivity contribution is 9.10. The van der Waals surface area contributed by atoms with E-state index in [0.29, 0.717) is 11.3 Å². The fraction of sp³-hybridized carbons (Fsp3) is 0.435. The van der Waals surface area contributed by atoms with Gasteiger partial charge >= 0.3 is 0 Å². The zero-order valence-corrected chi connectivity index (χ0v) is 18.7. The predicted octanol–water partition coefficient (Wildman–Crippen LogP) is 4.88. The maximum atomic E-state index is 12.8. The molecule has 2 aromatic rings. The second-order valence-corrected chi connectivity index (χ2v) is 8.94. The van der Waals surface area contributed by atoms with E-state index in [1.54, 1.807) is 12.1 Å². The second kappa shape index (κ2) is 9.16. The van der Waals surface area contributed by atoms with Crippen molar-refractivity contribution in [1.29, 1.82) is 0 Å². The lowest BCUT2D eigenvalue weighted by Gasteiger charge is -2.22. The Morgan fingerprint density at radius 1 is 1.03 bits per heavy atom. The lowest BCUT2D eigenvalue weighted by atomic mass is 9.93. The summed E-state index contributed by atoms with van der Waals surface area (Å²) in [6.45, 7) is 1.90. The molecule has 0 bridgehead atoms. The zero-order valence-electron chi connectivity index (χ0n) is 17.1. The van der Waals surface area contributed by atoms with E-state index in [1.165, 1.54) is 6.42 Å². The molecule has 1 heterocycles. The molecule has 4 rings (SSSR count). The van der Waals surface area contributed by atoms with E-state index >= 15 is 0 Å². The van der Waals surface area contributed by atoms with Crippen molar-refractivity contribution in [3.8, 4) is 0 Å². The fourth-order valence-electron chi connectivity index (χ4n) is 4.28. The molecule has 1 aromatic carbocycles. The summed E-state index contributed by atoms with van der Waals surface area (Å²) in [5.41, 5.74) is 5.62. The number of amides is 2. The summed E-state index contributed by atoms with van der Waals surface area (Å²) in [6.07, 6.45) is 7.99. The fourth-order valence-corrected chi connectivity index (χ4v) is 4.54. The van der Waals surface area contributed by atoms with Gasteiger partial charge in [-0.2, -0.15) is 5.10 Å².